The van der Waals surface area contributed by atoms with Crippen LogP contribution in [0.2, 0.25) is 0 Å². The number of aryl methyl sites for hydroxylation is 2. The molecule has 1 aromatic heterocycles. The minimum atomic E-state index is 0.0611. The number of hydrogen-bond acceptors (Lipinski definition) is 5. The van der Waals surface area contributed by atoms with Crippen molar-refractivity contribution in [3.05, 3.63) is 23.0 Å². The Morgan fingerprint density at radius 3 is 2.52 bits per heavy atom. The molecular formula is C15H25N5O. The van der Waals surface area contributed by atoms with E-state index in [4.69, 9.17) is 5.73 Å². The Bertz CT molecular complexity index is 493. The van der Waals surface area contributed by atoms with Crippen molar-refractivity contribution in [1.29, 1.82) is 0 Å². The highest BCUT2D eigenvalue weighted by atomic mass is 16.2. The van der Waals surface area contributed by atoms with Crippen molar-refractivity contribution in [2.24, 2.45) is 5.73 Å². The van der Waals surface area contributed by atoms with Gasteiger partial charge in [-0.3, -0.25) is 9.69 Å². The summed E-state index contributed by atoms with van der Waals surface area (Å²) in [6.45, 7) is 9.79. The molecule has 0 saturated carbocycles. The first-order chi connectivity index (χ1) is 10.1. The first-order valence-electron chi connectivity index (χ1n) is 7.61. The summed E-state index contributed by atoms with van der Waals surface area (Å²) in [5.41, 5.74) is 7.94. The third-order valence-corrected chi connectivity index (χ3v) is 4.19. The van der Waals surface area contributed by atoms with Gasteiger partial charge in [0, 0.05) is 38.8 Å². The fourth-order valence-corrected chi connectivity index (χ4v) is 2.80. The average molecular weight is 291 g/mol. The van der Waals surface area contributed by atoms with Gasteiger partial charge in [-0.2, -0.15) is 10.2 Å². The van der Waals surface area contributed by atoms with E-state index in [-0.39, 0.29) is 5.91 Å². The second-order valence-corrected chi connectivity index (χ2v) is 5.61. The number of aromatic nitrogens is 2. The van der Waals surface area contributed by atoms with Gasteiger partial charge < -0.3 is 10.6 Å². The molecule has 6 heteroatoms. The Kier molecular flexibility index (Phi) is 5.25. The van der Waals surface area contributed by atoms with E-state index in [1.807, 2.05) is 24.8 Å². The molecule has 1 amide bonds. The van der Waals surface area contributed by atoms with Crippen molar-refractivity contribution in [2.75, 3.05) is 32.7 Å². The molecule has 1 atom stereocenters. The summed E-state index contributed by atoms with van der Waals surface area (Å²) in [5.74, 6) is 0.0611. The van der Waals surface area contributed by atoms with Crippen LogP contribution < -0.4 is 5.73 Å². The molecule has 1 aromatic rings. The molecule has 1 aliphatic rings. The summed E-state index contributed by atoms with van der Waals surface area (Å²) in [6.07, 6.45) is 1.05. The number of rotatable bonds is 4. The number of carbonyl (C=O) groups excluding carboxylic acids is 1. The second-order valence-electron chi connectivity index (χ2n) is 5.61. The number of amides is 1. The fourth-order valence-electron chi connectivity index (χ4n) is 2.80. The van der Waals surface area contributed by atoms with Crippen LogP contribution in [0.1, 0.15) is 35.1 Å². The molecule has 1 unspecified atom stereocenters. The van der Waals surface area contributed by atoms with E-state index in [2.05, 4.69) is 22.0 Å². The lowest BCUT2D eigenvalue weighted by molar-refractivity contribution is 0.0570. The molecule has 2 heterocycles. The molecule has 2 N–H and O–H groups in total. The summed E-state index contributed by atoms with van der Waals surface area (Å²) in [7, 11) is 0. The van der Waals surface area contributed by atoms with E-state index in [1.54, 1.807) is 0 Å². The number of hydrogen-bond donors (Lipinski definition) is 1. The van der Waals surface area contributed by atoms with Crippen LogP contribution in [0.3, 0.4) is 0 Å². The Labute approximate surface area is 126 Å². The molecule has 21 heavy (non-hydrogen) atoms. The number of nitrogens with two attached hydrogens (primary N) is 1. The maximum atomic E-state index is 12.6. The van der Waals surface area contributed by atoms with Crippen LogP contribution in [0.4, 0.5) is 0 Å². The molecule has 0 aromatic carbocycles. The molecule has 0 spiro atoms. The Hall–Kier alpha value is -1.53. The van der Waals surface area contributed by atoms with Gasteiger partial charge in [0.2, 0.25) is 0 Å². The highest BCUT2D eigenvalue weighted by Gasteiger charge is 2.26. The summed E-state index contributed by atoms with van der Waals surface area (Å²) >= 11 is 0. The van der Waals surface area contributed by atoms with E-state index in [1.165, 1.54) is 0 Å². The van der Waals surface area contributed by atoms with Gasteiger partial charge in [0.15, 0.2) is 0 Å². The first kappa shape index (κ1) is 15.9. The van der Waals surface area contributed by atoms with Crippen LogP contribution >= 0.6 is 0 Å². The number of nitrogens with zero attached hydrogens (tertiary/aromatic N) is 4. The maximum Gasteiger partial charge on any atom is 0.255 e. The predicted molar refractivity (Wildman–Crippen MR) is 82.1 cm³/mol. The third kappa shape index (κ3) is 3.57. The molecule has 0 aliphatic carbocycles. The Morgan fingerprint density at radius 2 is 1.95 bits per heavy atom. The van der Waals surface area contributed by atoms with Crippen molar-refractivity contribution in [2.45, 2.75) is 33.2 Å². The van der Waals surface area contributed by atoms with E-state index in [0.29, 0.717) is 23.8 Å². The number of piperazine rings is 1. The normalized spacial score (nSPS) is 17.8. The zero-order valence-corrected chi connectivity index (χ0v) is 13.2. The smallest absolute Gasteiger partial charge is 0.255 e. The Balaban J connectivity index is 2.02. The second kappa shape index (κ2) is 6.95. The van der Waals surface area contributed by atoms with Gasteiger partial charge in [0.05, 0.1) is 17.0 Å². The number of carbonyl (C=O) groups is 1. The summed E-state index contributed by atoms with van der Waals surface area (Å²) < 4.78 is 0. The van der Waals surface area contributed by atoms with Crippen molar-refractivity contribution >= 4 is 5.91 Å². The lowest BCUT2D eigenvalue weighted by atomic mass is 10.1. The largest absolute Gasteiger partial charge is 0.336 e. The van der Waals surface area contributed by atoms with Crippen molar-refractivity contribution < 1.29 is 4.79 Å². The van der Waals surface area contributed by atoms with Gasteiger partial charge >= 0.3 is 0 Å². The zero-order valence-electron chi connectivity index (χ0n) is 13.2. The van der Waals surface area contributed by atoms with Crippen LogP contribution in [-0.2, 0) is 0 Å². The monoisotopic (exact) mass is 291 g/mol. The molecule has 0 radical (unpaired) electrons. The van der Waals surface area contributed by atoms with Crippen LogP contribution in [0.25, 0.3) is 0 Å². The molecular weight excluding hydrogens is 266 g/mol. The highest BCUT2D eigenvalue weighted by molar-refractivity contribution is 5.95. The minimum Gasteiger partial charge on any atom is -0.336 e. The highest BCUT2D eigenvalue weighted by Crippen LogP contribution is 2.14. The van der Waals surface area contributed by atoms with Crippen molar-refractivity contribution in [1.82, 2.24) is 20.0 Å². The zero-order chi connectivity index (χ0) is 15.4. The van der Waals surface area contributed by atoms with Crippen LogP contribution in [-0.4, -0.2) is 64.7 Å². The fraction of sp³-hybridized carbons (Fsp3) is 0.667. The van der Waals surface area contributed by atoms with E-state index in [0.717, 1.165) is 38.3 Å². The SMILES string of the molecule is CCC(CN)N1CCN(C(=O)c2cc(C)nnc2C)CC1. The van der Waals surface area contributed by atoms with E-state index < -0.39 is 0 Å². The lowest BCUT2D eigenvalue weighted by Crippen LogP contribution is -2.53. The molecule has 1 aliphatic heterocycles. The average Bonchev–Trinajstić information content (AvgIpc) is 2.51. The van der Waals surface area contributed by atoms with Crippen LogP contribution in [0.5, 0.6) is 0 Å². The summed E-state index contributed by atoms with van der Waals surface area (Å²) in [6, 6.07) is 2.25. The van der Waals surface area contributed by atoms with Gasteiger partial charge in [-0.1, -0.05) is 6.92 Å². The third-order valence-electron chi connectivity index (χ3n) is 4.19. The Morgan fingerprint density at radius 1 is 1.29 bits per heavy atom. The van der Waals surface area contributed by atoms with E-state index in [9.17, 15) is 4.79 Å². The summed E-state index contributed by atoms with van der Waals surface area (Å²) in [5, 5.41) is 8.02. The molecule has 116 valence electrons. The molecule has 1 saturated heterocycles. The van der Waals surface area contributed by atoms with Gasteiger partial charge in [0.1, 0.15) is 0 Å². The van der Waals surface area contributed by atoms with Gasteiger partial charge in [-0.05, 0) is 26.3 Å². The van der Waals surface area contributed by atoms with Crippen molar-refractivity contribution in [3.63, 3.8) is 0 Å². The quantitative estimate of drug-likeness (QED) is 0.878. The molecule has 1 fully saturated rings. The lowest BCUT2D eigenvalue weighted by Gasteiger charge is -2.38. The molecule has 2 rings (SSSR count). The van der Waals surface area contributed by atoms with Gasteiger partial charge in [-0.25, -0.2) is 0 Å². The first-order valence-corrected chi connectivity index (χ1v) is 7.61. The van der Waals surface area contributed by atoms with Crippen molar-refractivity contribution in [3.8, 4) is 0 Å². The molecule has 0 bridgehead atoms. The van der Waals surface area contributed by atoms with Gasteiger partial charge in [-0.15, -0.1) is 0 Å². The maximum absolute atomic E-state index is 12.6. The van der Waals surface area contributed by atoms with Crippen LogP contribution in [0, 0.1) is 13.8 Å². The topological polar surface area (TPSA) is 75.3 Å². The van der Waals surface area contributed by atoms with Crippen LogP contribution in [0.15, 0.2) is 6.07 Å². The van der Waals surface area contributed by atoms with E-state index >= 15 is 0 Å². The standard InChI is InChI=1S/C15H25N5O/c1-4-13(10-16)19-5-7-20(8-6-19)15(21)14-9-11(2)17-18-12(14)3/h9,13H,4-8,10,16H2,1-3H3. The molecule has 6 nitrogen and oxygen atoms in total. The van der Waals surface area contributed by atoms with Gasteiger partial charge in [0.25, 0.3) is 5.91 Å². The summed E-state index contributed by atoms with van der Waals surface area (Å²) in [4.78, 5) is 16.9. The minimum absolute atomic E-state index is 0.0611. The predicted octanol–water partition coefficient (Wildman–Crippen LogP) is 0.589.